The molecule has 1 atom stereocenters. The molecule has 0 unspecified atom stereocenters. The van der Waals surface area contributed by atoms with Crippen molar-refractivity contribution in [3.05, 3.63) is 0 Å². The molecule has 0 aromatic rings. The van der Waals surface area contributed by atoms with Crippen LogP contribution in [0, 0.1) is 0 Å². The molecule has 0 aromatic carbocycles. The standard InChI is InChI=1S/C11H20N4O5S/c1-2-19-8(21)6-20-11(18)15-7(9(16)17)4-3-5-14-10(12)13/h7H,2-6H2,1H3,(H,15,18)(H,16,17)(H4,12,13,14)/t7-/m0/s1. The fraction of sp³-hybridized carbons (Fsp3) is 0.636. The zero-order valence-corrected chi connectivity index (χ0v) is 12.5. The molecule has 0 rings (SSSR count). The van der Waals surface area contributed by atoms with Gasteiger partial charge in [-0.25, -0.2) is 9.59 Å². The monoisotopic (exact) mass is 320 g/mol. The summed E-state index contributed by atoms with van der Waals surface area (Å²) in [5.74, 6) is -1.25. The number of carbonyl (C=O) groups is 2. The van der Waals surface area contributed by atoms with Crippen LogP contribution in [0.2, 0.25) is 0 Å². The molecule has 0 aliphatic rings. The first kappa shape index (κ1) is 18.9. The smallest absolute Gasteiger partial charge is 0.408 e. The van der Waals surface area contributed by atoms with E-state index in [9.17, 15) is 9.59 Å². The van der Waals surface area contributed by atoms with Gasteiger partial charge in [0.25, 0.3) is 0 Å². The SMILES string of the molecule is CCOC(=S)COC(=O)N[C@@H](CCCN=C(N)N)C(=O)O. The summed E-state index contributed by atoms with van der Waals surface area (Å²) in [5, 5.41) is 11.3. The molecule has 0 saturated carbocycles. The number of guanidine groups is 1. The minimum atomic E-state index is -1.18. The number of alkyl carbamates (subject to hydrolysis) is 1. The van der Waals surface area contributed by atoms with Crippen LogP contribution in [0.25, 0.3) is 0 Å². The van der Waals surface area contributed by atoms with Crippen LogP contribution < -0.4 is 16.8 Å². The van der Waals surface area contributed by atoms with Crippen LogP contribution in [0.4, 0.5) is 4.79 Å². The van der Waals surface area contributed by atoms with Crippen molar-refractivity contribution in [2.75, 3.05) is 19.8 Å². The minimum absolute atomic E-state index is 0.0707. The highest BCUT2D eigenvalue weighted by molar-refractivity contribution is 7.80. The van der Waals surface area contributed by atoms with Gasteiger partial charge in [-0.15, -0.1) is 0 Å². The van der Waals surface area contributed by atoms with Crippen molar-refractivity contribution in [3.8, 4) is 0 Å². The maximum atomic E-state index is 11.4. The Morgan fingerprint density at radius 2 is 2.05 bits per heavy atom. The molecule has 0 bridgehead atoms. The second-order valence-electron chi connectivity index (χ2n) is 3.87. The number of nitrogens with one attached hydrogen (secondary N) is 1. The zero-order valence-electron chi connectivity index (χ0n) is 11.7. The summed E-state index contributed by atoms with van der Waals surface area (Å²) >= 11 is 4.76. The van der Waals surface area contributed by atoms with Crippen LogP contribution in [-0.2, 0) is 14.3 Å². The average Bonchev–Trinajstić information content (AvgIpc) is 2.39. The van der Waals surface area contributed by atoms with Crippen LogP contribution >= 0.6 is 12.2 Å². The van der Waals surface area contributed by atoms with Gasteiger partial charge in [-0.1, -0.05) is 0 Å². The lowest BCUT2D eigenvalue weighted by molar-refractivity contribution is -0.139. The summed E-state index contributed by atoms with van der Waals surface area (Å²) in [6.45, 7) is 2.17. The van der Waals surface area contributed by atoms with Crippen molar-refractivity contribution in [2.24, 2.45) is 16.5 Å². The van der Waals surface area contributed by atoms with Crippen molar-refractivity contribution in [1.29, 1.82) is 0 Å². The van der Waals surface area contributed by atoms with E-state index in [1.807, 2.05) is 0 Å². The van der Waals surface area contributed by atoms with E-state index >= 15 is 0 Å². The Hall–Kier alpha value is -2.10. The number of hydrogen-bond acceptors (Lipinski definition) is 6. The Bertz CT molecular complexity index is 398. The van der Waals surface area contributed by atoms with Crippen molar-refractivity contribution in [2.45, 2.75) is 25.8 Å². The van der Waals surface area contributed by atoms with E-state index in [1.165, 1.54) is 0 Å². The van der Waals surface area contributed by atoms with Gasteiger partial charge in [-0.3, -0.25) is 4.99 Å². The van der Waals surface area contributed by atoms with Crippen LogP contribution in [0.15, 0.2) is 4.99 Å². The molecule has 9 nitrogen and oxygen atoms in total. The molecule has 0 aliphatic heterocycles. The zero-order chi connectivity index (χ0) is 16.3. The van der Waals surface area contributed by atoms with Crippen LogP contribution in [0.3, 0.4) is 0 Å². The lowest BCUT2D eigenvalue weighted by Crippen LogP contribution is -2.41. The molecule has 0 aromatic heterocycles. The van der Waals surface area contributed by atoms with Gasteiger partial charge < -0.3 is 31.4 Å². The van der Waals surface area contributed by atoms with E-state index in [2.05, 4.69) is 10.3 Å². The number of nitrogens with two attached hydrogens (primary N) is 2. The van der Waals surface area contributed by atoms with Crippen molar-refractivity contribution in [1.82, 2.24) is 5.32 Å². The summed E-state index contributed by atoms with van der Waals surface area (Å²) in [7, 11) is 0. The van der Waals surface area contributed by atoms with E-state index in [0.29, 0.717) is 13.0 Å². The maximum Gasteiger partial charge on any atom is 0.408 e. The third-order valence-corrected chi connectivity index (χ3v) is 2.40. The van der Waals surface area contributed by atoms with E-state index in [-0.39, 0.29) is 30.6 Å². The Morgan fingerprint density at radius 3 is 2.57 bits per heavy atom. The van der Waals surface area contributed by atoms with Gasteiger partial charge in [-0.2, -0.15) is 0 Å². The molecular formula is C11H20N4O5S. The van der Waals surface area contributed by atoms with Gasteiger partial charge in [-0.05, 0) is 32.0 Å². The topological polar surface area (TPSA) is 149 Å². The number of nitrogens with zero attached hydrogens (tertiary/aromatic N) is 1. The number of ether oxygens (including phenoxy) is 2. The van der Waals surface area contributed by atoms with Crippen LogP contribution in [0.1, 0.15) is 19.8 Å². The highest BCUT2D eigenvalue weighted by atomic mass is 32.1. The number of amides is 1. The fourth-order valence-electron chi connectivity index (χ4n) is 1.27. The lowest BCUT2D eigenvalue weighted by Gasteiger charge is -2.14. The molecule has 1 amide bonds. The Balaban J connectivity index is 4.12. The molecule has 0 spiro atoms. The fourth-order valence-corrected chi connectivity index (χ4v) is 1.45. The van der Waals surface area contributed by atoms with Gasteiger partial charge in [0.15, 0.2) is 17.6 Å². The van der Waals surface area contributed by atoms with Gasteiger partial charge in [0.05, 0.1) is 6.61 Å². The summed E-state index contributed by atoms with van der Waals surface area (Å²) in [4.78, 5) is 26.1. The van der Waals surface area contributed by atoms with Crippen molar-refractivity contribution in [3.63, 3.8) is 0 Å². The Labute approximate surface area is 127 Å². The molecule has 120 valence electrons. The number of carboxylic acids is 1. The van der Waals surface area contributed by atoms with Crippen LogP contribution in [-0.4, -0.2) is 54.0 Å². The Kier molecular flexibility index (Phi) is 9.59. The number of rotatable bonds is 9. The number of carboxylic acid groups (broad SMARTS) is 1. The van der Waals surface area contributed by atoms with Crippen LogP contribution in [0.5, 0.6) is 0 Å². The molecule has 0 fully saturated rings. The van der Waals surface area contributed by atoms with Gasteiger partial charge >= 0.3 is 12.1 Å². The molecule has 0 radical (unpaired) electrons. The van der Waals surface area contributed by atoms with Gasteiger partial charge in [0.1, 0.15) is 6.04 Å². The molecular weight excluding hydrogens is 300 g/mol. The third kappa shape index (κ3) is 10.4. The predicted molar refractivity (Wildman–Crippen MR) is 80.0 cm³/mol. The summed E-state index contributed by atoms with van der Waals surface area (Å²) in [6, 6.07) is -1.09. The largest absolute Gasteiger partial charge is 0.484 e. The summed E-state index contributed by atoms with van der Waals surface area (Å²) in [5.41, 5.74) is 10.3. The molecule has 0 saturated heterocycles. The van der Waals surface area contributed by atoms with Crippen molar-refractivity contribution < 1.29 is 24.2 Å². The van der Waals surface area contributed by atoms with E-state index in [0.717, 1.165) is 0 Å². The highest BCUT2D eigenvalue weighted by Crippen LogP contribution is 1.99. The molecule has 10 heteroatoms. The Morgan fingerprint density at radius 1 is 1.38 bits per heavy atom. The minimum Gasteiger partial charge on any atom is -0.484 e. The second kappa shape index (κ2) is 10.7. The quantitative estimate of drug-likeness (QED) is 0.194. The lowest BCUT2D eigenvalue weighted by atomic mass is 10.1. The maximum absolute atomic E-state index is 11.4. The normalized spacial score (nSPS) is 11.1. The number of hydrogen-bond donors (Lipinski definition) is 4. The predicted octanol–water partition coefficient (Wildman–Crippen LogP) is -0.417. The van der Waals surface area contributed by atoms with E-state index in [4.69, 9.17) is 38.3 Å². The number of aliphatic carboxylic acids is 1. The number of carbonyl (C=O) groups excluding carboxylic acids is 1. The van der Waals surface area contributed by atoms with E-state index in [1.54, 1.807) is 6.92 Å². The highest BCUT2D eigenvalue weighted by Gasteiger charge is 2.20. The number of thiocarbonyl (C=S) groups is 1. The third-order valence-electron chi connectivity index (χ3n) is 2.16. The first-order valence-electron chi connectivity index (χ1n) is 6.24. The van der Waals surface area contributed by atoms with Gasteiger partial charge in [0, 0.05) is 6.54 Å². The number of aliphatic imine (C=N–C) groups is 1. The molecule has 6 N–H and O–H groups in total. The molecule has 0 heterocycles. The van der Waals surface area contributed by atoms with Gasteiger partial charge in [0.2, 0.25) is 0 Å². The molecule has 0 aliphatic carbocycles. The molecule has 21 heavy (non-hydrogen) atoms. The first-order chi connectivity index (χ1) is 9.86. The second-order valence-corrected chi connectivity index (χ2v) is 4.32. The van der Waals surface area contributed by atoms with E-state index < -0.39 is 18.1 Å². The first-order valence-corrected chi connectivity index (χ1v) is 6.64. The summed E-state index contributed by atoms with van der Waals surface area (Å²) < 4.78 is 9.65. The summed E-state index contributed by atoms with van der Waals surface area (Å²) in [6.07, 6.45) is -0.324. The van der Waals surface area contributed by atoms with Crippen molar-refractivity contribution >= 4 is 35.3 Å². The average molecular weight is 320 g/mol.